The summed E-state index contributed by atoms with van der Waals surface area (Å²) in [6, 6.07) is 1.20. The van der Waals surface area contributed by atoms with Gasteiger partial charge in [0.15, 0.2) is 5.75 Å². The molecule has 0 saturated carbocycles. The van der Waals surface area contributed by atoms with Crippen molar-refractivity contribution in [2.24, 2.45) is 0 Å². The molecule has 1 N–H and O–H groups in total. The van der Waals surface area contributed by atoms with Crippen LogP contribution >= 0.6 is 0 Å². The third-order valence-electron chi connectivity index (χ3n) is 2.27. The number of likely N-dealkylation sites (N-methyl/N-ethyl adjacent to an activating group) is 1. The first-order valence-corrected chi connectivity index (χ1v) is 5.16. The van der Waals surface area contributed by atoms with Crippen LogP contribution in [0.5, 0.6) is 5.75 Å². The average Bonchev–Trinajstić information content (AvgIpc) is 2.32. The zero-order valence-corrected chi connectivity index (χ0v) is 9.80. The van der Waals surface area contributed by atoms with Gasteiger partial charge in [-0.1, -0.05) is 6.92 Å². The molecule has 0 unspecified atom stereocenters. The minimum Gasteiger partial charge on any atom is -0.502 e. The highest BCUT2D eigenvalue weighted by Gasteiger charge is 2.11. The largest absolute Gasteiger partial charge is 0.502 e. The summed E-state index contributed by atoms with van der Waals surface area (Å²) in [7, 11) is 1.32. The fourth-order valence-corrected chi connectivity index (χ4v) is 1.27. The predicted molar refractivity (Wildman–Crippen MR) is 59.6 cm³/mol. The van der Waals surface area contributed by atoms with Gasteiger partial charge >= 0.3 is 5.97 Å². The smallest absolute Gasteiger partial charge is 0.319 e. The van der Waals surface area contributed by atoms with Crippen molar-refractivity contribution in [2.75, 3.05) is 20.2 Å². The van der Waals surface area contributed by atoms with Crippen molar-refractivity contribution in [3.05, 3.63) is 28.3 Å². The maximum Gasteiger partial charge on any atom is 0.319 e. The van der Waals surface area contributed by atoms with Gasteiger partial charge in [0.1, 0.15) is 12.0 Å². The number of hydrogen-bond donors (Lipinski definition) is 1. The van der Waals surface area contributed by atoms with Crippen LogP contribution in [-0.4, -0.2) is 36.2 Å². The zero-order valence-electron chi connectivity index (χ0n) is 9.80. The van der Waals surface area contributed by atoms with Crippen molar-refractivity contribution in [2.45, 2.75) is 13.5 Å². The van der Waals surface area contributed by atoms with E-state index in [1.165, 1.54) is 13.2 Å². The van der Waals surface area contributed by atoms with Gasteiger partial charge in [-0.15, -0.1) is 0 Å². The zero-order chi connectivity index (χ0) is 12.8. The molecule has 0 aliphatic rings. The minimum atomic E-state index is -0.500. The fraction of sp³-hybridized carbons (Fsp3) is 0.455. The number of carbonyl (C=O) groups is 1. The molecule has 0 aliphatic carbocycles. The van der Waals surface area contributed by atoms with E-state index in [0.29, 0.717) is 18.8 Å². The summed E-state index contributed by atoms with van der Waals surface area (Å²) < 4.78 is 9.59. The minimum absolute atomic E-state index is 0.123. The first-order chi connectivity index (χ1) is 8.06. The average molecular weight is 241 g/mol. The van der Waals surface area contributed by atoms with Crippen LogP contribution in [0.2, 0.25) is 0 Å². The van der Waals surface area contributed by atoms with E-state index < -0.39 is 11.2 Å². The molecule has 6 heteroatoms. The number of rotatable bonds is 5. The maximum absolute atomic E-state index is 11.2. The summed E-state index contributed by atoms with van der Waals surface area (Å²) in [6.45, 7) is 2.92. The normalized spacial score (nSPS) is 10.5. The van der Waals surface area contributed by atoms with Gasteiger partial charge in [0.05, 0.1) is 20.2 Å². The Morgan fingerprint density at radius 1 is 1.59 bits per heavy atom. The van der Waals surface area contributed by atoms with Gasteiger partial charge in [-0.2, -0.15) is 0 Å². The van der Waals surface area contributed by atoms with Crippen LogP contribution in [-0.2, 0) is 16.1 Å². The van der Waals surface area contributed by atoms with Gasteiger partial charge in [-0.05, 0) is 6.54 Å². The summed E-state index contributed by atoms with van der Waals surface area (Å²) in [6.07, 6.45) is 0.990. The molecule has 0 saturated heterocycles. The predicted octanol–water partition coefficient (Wildman–Crippen LogP) is 0.340. The lowest BCUT2D eigenvalue weighted by atomic mass is 10.3. The van der Waals surface area contributed by atoms with Crippen molar-refractivity contribution >= 4 is 5.97 Å². The van der Waals surface area contributed by atoms with Crippen molar-refractivity contribution in [3.63, 3.8) is 0 Å². The summed E-state index contributed by atoms with van der Waals surface area (Å²) in [5, 5.41) is 9.02. The lowest BCUT2D eigenvalue weighted by molar-refractivity contribution is -0.142. The lowest BCUT2D eigenvalue weighted by Crippen LogP contribution is -2.30. The van der Waals surface area contributed by atoms with Crippen LogP contribution in [0, 0.1) is 0 Å². The van der Waals surface area contributed by atoms with E-state index in [1.807, 2.05) is 6.92 Å². The molecule has 1 aromatic heterocycles. The highest BCUT2D eigenvalue weighted by Crippen LogP contribution is 2.06. The summed E-state index contributed by atoms with van der Waals surface area (Å²) >= 11 is 0. The van der Waals surface area contributed by atoms with Gasteiger partial charge in [-0.3, -0.25) is 14.5 Å². The monoisotopic (exact) mass is 241 g/mol. The Morgan fingerprint density at radius 3 is 2.82 bits per heavy atom. The molecule has 94 valence electrons. The number of carbonyl (C=O) groups excluding carboxylic acids is 1. The highest BCUT2D eigenvalue weighted by molar-refractivity contribution is 5.71. The van der Waals surface area contributed by atoms with Gasteiger partial charge in [0, 0.05) is 6.07 Å². The van der Waals surface area contributed by atoms with Crippen LogP contribution in [0.4, 0.5) is 0 Å². The van der Waals surface area contributed by atoms with E-state index in [9.17, 15) is 9.59 Å². The topological polar surface area (TPSA) is 80.0 Å². The molecular weight excluding hydrogens is 226 g/mol. The highest BCUT2D eigenvalue weighted by atomic mass is 16.5. The van der Waals surface area contributed by atoms with E-state index in [1.54, 1.807) is 4.90 Å². The van der Waals surface area contributed by atoms with E-state index in [2.05, 4.69) is 4.74 Å². The van der Waals surface area contributed by atoms with Crippen molar-refractivity contribution in [3.8, 4) is 5.75 Å². The second kappa shape index (κ2) is 6.05. The van der Waals surface area contributed by atoms with Crippen molar-refractivity contribution in [1.82, 2.24) is 4.90 Å². The fourth-order valence-electron chi connectivity index (χ4n) is 1.27. The molecule has 17 heavy (non-hydrogen) atoms. The molecule has 0 aromatic carbocycles. The Bertz CT molecular complexity index is 440. The third kappa shape index (κ3) is 3.92. The third-order valence-corrected chi connectivity index (χ3v) is 2.27. The van der Waals surface area contributed by atoms with Crippen LogP contribution in [0.1, 0.15) is 12.7 Å². The number of hydrogen-bond acceptors (Lipinski definition) is 6. The van der Waals surface area contributed by atoms with Crippen LogP contribution < -0.4 is 5.43 Å². The SMILES string of the molecule is CCN(CC(=O)OC)Cc1cc(=O)c(O)co1. The molecule has 0 atom stereocenters. The van der Waals surface area contributed by atoms with Gasteiger partial charge in [0.2, 0.25) is 5.43 Å². The second-order valence-corrected chi connectivity index (χ2v) is 3.48. The van der Waals surface area contributed by atoms with Gasteiger partial charge < -0.3 is 14.3 Å². The quantitative estimate of drug-likeness (QED) is 0.749. The second-order valence-electron chi connectivity index (χ2n) is 3.48. The molecule has 0 amide bonds. The lowest BCUT2D eigenvalue weighted by Gasteiger charge is -2.17. The van der Waals surface area contributed by atoms with Crippen molar-refractivity contribution in [1.29, 1.82) is 0 Å². The molecule has 1 aromatic rings. The van der Waals surface area contributed by atoms with Crippen LogP contribution in [0.25, 0.3) is 0 Å². The molecule has 0 fully saturated rings. The Hall–Kier alpha value is -1.82. The molecule has 0 radical (unpaired) electrons. The molecule has 0 spiro atoms. The van der Waals surface area contributed by atoms with E-state index in [-0.39, 0.29) is 12.5 Å². The van der Waals surface area contributed by atoms with Gasteiger partial charge in [0.25, 0.3) is 0 Å². The summed E-state index contributed by atoms with van der Waals surface area (Å²) in [4.78, 5) is 24.0. The number of nitrogens with zero attached hydrogens (tertiary/aromatic N) is 1. The van der Waals surface area contributed by atoms with E-state index >= 15 is 0 Å². The van der Waals surface area contributed by atoms with Crippen LogP contribution in [0.3, 0.4) is 0 Å². The molecule has 0 bridgehead atoms. The van der Waals surface area contributed by atoms with Gasteiger partial charge in [-0.25, -0.2) is 0 Å². The molecular formula is C11H15NO5. The first kappa shape index (κ1) is 13.2. The Labute approximate surface area is 98.4 Å². The van der Waals surface area contributed by atoms with E-state index in [0.717, 1.165) is 6.26 Å². The number of esters is 1. The Morgan fingerprint density at radius 2 is 2.29 bits per heavy atom. The number of aromatic hydroxyl groups is 1. The Kier molecular flexibility index (Phi) is 4.71. The molecule has 6 nitrogen and oxygen atoms in total. The Balaban J connectivity index is 2.70. The van der Waals surface area contributed by atoms with Crippen LogP contribution in [0.15, 0.2) is 21.5 Å². The molecule has 1 rings (SSSR count). The van der Waals surface area contributed by atoms with E-state index in [4.69, 9.17) is 9.52 Å². The summed E-state index contributed by atoms with van der Waals surface area (Å²) in [5.74, 6) is -0.392. The first-order valence-electron chi connectivity index (χ1n) is 5.16. The molecule has 0 aliphatic heterocycles. The molecule has 1 heterocycles. The number of ether oxygens (including phenoxy) is 1. The number of methoxy groups -OCH3 is 1. The van der Waals surface area contributed by atoms with Crippen molar-refractivity contribution < 1.29 is 19.1 Å². The summed E-state index contributed by atoms with van der Waals surface area (Å²) in [5.41, 5.74) is -0.500. The maximum atomic E-state index is 11.2. The standard InChI is InChI=1S/C11H15NO5/c1-3-12(6-11(15)16-2)5-8-4-9(13)10(14)7-17-8/h4,7,14H,3,5-6H2,1-2H3.